The van der Waals surface area contributed by atoms with Gasteiger partial charge in [0.05, 0.1) is 12.3 Å². The minimum absolute atomic E-state index is 0.117. The second-order valence-electron chi connectivity index (χ2n) is 7.82. The Morgan fingerprint density at radius 1 is 1.12 bits per heavy atom. The van der Waals surface area contributed by atoms with Gasteiger partial charge in [0.2, 0.25) is 5.91 Å². The topological polar surface area (TPSA) is 98.1 Å². The van der Waals surface area contributed by atoms with E-state index in [-0.39, 0.29) is 24.1 Å². The molecule has 0 radical (unpaired) electrons. The lowest BCUT2D eigenvalue weighted by Crippen LogP contribution is -2.36. The van der Waals surface area contributed by atoms with E-state index in [0.29, 0.717) is 23.3 Å². The zero-order valence-electron chi connectivity index (χ0n) is 20.0. The smallest absolute Gasteiger partial charge is 0.261 e. The number of aryl methyl sites for hydroxylation is 2. The van der Waals surface area contributed by atoms with Crippen molar-refractivity contribution in [2.75, 3.05) is 11.1 Å². The van der Waals surface area contributed by atoms with Crippen LogP contribution < -0.4 is 15.4 Å². The molecule has 2 amide bonds. The van der Waals surface area contributed by atoms with Gasteiger partial charge in [-0.1, -0.05) is 43.0 Å². The number of benzene rings is 2. The van der Waals surface area contributed by atoms with E-state index >= 15 is 0 Å². The molecule has 0 bridgehead atoms. The Labute approximate surface area is 204 Å². The quantitative estimate of drug-likeness (QED) is 0.402. The summed E-state index contributed by atoms with van der Waals surface area (Å²) in [7, 11) is 0. The Bertz CT molecular complexity index is 1110. The average Bonchev–Trinajstić information content (AvgIpc) is 3.23. The van der Waals surface area contributed by atoms with E-state index in [1.165, 1.54) is 17.3 Å². The molecule has 0 spiro atoms. The summed E-state index contributed by atoms with van der Waals surface area (Å²) in [6.45, 7) is 8.59. The molecule has 1 atom stereocenters. The van der Waals surface area contributed by atoms with Crippen LogP contribution >= 0.6 is 11.8 Å². The van der Waals surface area contributed by atoms with Crippen molar-refractivity contribution in [2.45, 2.75) is 58.5 Å². The van der Waals surface area contributed by atoms with Gasteiger partial charge in [0.15, 0.2) is 17.1 Å². The lowest BCUT2D eigenvalue weighted by molar-refractivity contribution is -0.127. The second kappa shape index (κ2) is 12.2. The van der Waals surface area contributed by atoms with Crippen LogP contribution in [0.3, 0.4) is 0 Å². The van der Waals surface area contributed by atoms with Gasteiger partial charge >= 0.3 is 0 Å². The molecule has 34 heavy (non-hydrogen) atoms. The fraction of sp³-hybridized carbons (Fsp3) is 0.360. The molecule has 0 saturated heterocycles. The van der Waals surface area contributed by atoms with Gasteiger partial charge in [0.1, 0.15) is 5.75 Å². The first kappa shape index (κ1) is 25.3. The van der Waals surface area contributed by atoms with Gasteiger partial charge in [-0.25, -0.2) is 0 Å². The number of nitrogens with zero attached hydrogens (tertiary/aromatic N) is 3. The summed E-state index contributed by atoms with van der Waals surface area (Å²) in [5, 5.41) is 14.8. The molecular weight excluding hydrogens is 450 g/mol. The summed E-state index contributed by atoms with van der Waals surface area (Å²) in [4.78, 5) is 24.8. The summed E-state index contributed by atoms with van der Waals surface area (Å²) in [6.07, 6.45) is 0.302. The molecule has 0 fully saturated rings. The van der Waals surface area contributed by atoms with E-state index in [1.54, 1.807) is 6.92 Å². The van der Waals surface area contributed by atoms with Crippen molar-refractivity contribution in [3.05, 3.63) is 65.5 Å². The van der Waals surface area contributed by atoms with Gasteiger partial charge in [-0.2, -0.15) is 0 Å². The molecule has 3 rings (SSSR count). The number of ether oxygens (including phenoxy) is 1. The number of hydrogen-bond donors (Lipinski definition) is 2. The lowest BCUT2D eigenvalue weighted by atomic mass is 10.2. The van der Waals surface area contributed by atoms with Crippen LogP contribution in [0.5, 0.6) is 5.75 Å². The standard InChI is InChI=1S/C25H31N5O3S/c1-5-19-10-12-21(13-11-19)33-18(4)24(32)26-15-22-28-29-25(30(22)6-2)34-16-23(31)27-20-9-7-8-17(3)14-20/h7-14,18H,5-6,15-16H2,1-4H3,(H,26,32)(H,27,31)/t18-/m1/s1. The van der Waals surface area contributed by atoms with Crippen molar-refractivity contribution < 1.29 is 14.3 Å². The van der Waals surface area contributed by atoms with Crippen molar-refractivity contribution in [2.24, 2.45) is 0 Å². The number of carbonyl (C=O) groups excluding carboxylic acids is 2. The molecule has 0 saturated carbocycles. The molecule has 3 aromatic rings. The number of hydrogen-bond acceptors (Lipinski definition) is 6. The highest BCUT2D eigenvalue weighted by Crippen LogP contribution is 2.18. The highest BCUT2D eigenvalue weighted by molar-refractivity contribution is 7.99. The summed E-state index contributed by atoms with van der Waals surface area (Å²) in [5.74, 6) is 1.13. The van der Waals surface area contributed by atoms with Crippen molar-refractivity contribution in [1.82, 2.24) is 20.1 Å². The van der Waals surface area contributed by atoms with E-state index in [0.717, 1.165) is 17.7 Å². The minimum Gasteiger partial charge on any atom is -0.481 e. The molecule has 8 nitrogen and oxygen atoms in total. The maximum Gasteiger partial charge on any atom is 0.261 e. The normalized spacial score (nSPS) is 11.6. The van der Waals surface area contributed by atoms with Crippen LogP contribution in [-0.4, -0.2) is 38.4 Å². The first-order valence-electron chi connectivity index (χ1n) is 11.3. The van der Waals surface area contributed by atoms with Crippen LogP contribution in [0, 0.1) is 6.92 Å². The first-order valence-corrected chi connectivity index (χ1v) is 12.3. The maximum absolute atomic E-state index is 12.5. The van der Waals surface area contributed by atoms with Crippen LogP contribution in [0.15, 0.2) is 53.7 Å². The zero-order valence-corrected chi connectivity index (χ0v) is 20.8. The Morgan fingerprint density at radius 3 is 2.56 bits per heavy atom. The molecule has 9 heteroatoms. The molecule has 0 aliphatic rings. The summed E-state index contributed by atoms with van der Waals surface area (Å²) in [5.41, 5.74) is 3.06. The van der Waals surface area contributed by atoms with E-state index in [4.69, 9.17) is 4.74 Å². The van der Waals surface area contributed by atoms with Gasteiger partial charge in [-0.15, -0.1) is 10.2 Å². The van der Waals surface area contributed by atoms with Crippen molar-refractivity contribution in [3.63, 3.8) is 0 Å². The molecule has 180 valence electrons. The summed E-state index contributed by atoms with van der Waals surface area (Å²) < 4.78 is 7.63. The van der Waals surface area contributed by atoms with E-state index < -0.39 is 6.10 Å². The van der Waals surface area contributed by atoms with Crippen molar-refractivity contribution >= 4 is 29.3 Å². The van der Waals surface area contributed by atoms with E-state index in [1.807, 2.05) is 66.9 Å². The van der Waals surface area contributed by atoms with Gasteiger partial charge in [0, 0.05) is 12.2 Å². The number of thioether (sulfide) groups is 1. The lowest BCUT2D eigenvalue weighted by Gasteiger charge is -2.15. The molecule has 0 aliphatic carbocycles. The third-order valence-electron chi connectivity index (χ3n) is 5.18. The molecule has 2 aromatic carbocycles. The Kier molecular flexibility index (Phi) is 9.09. The van der Waals surface area contributed by atoms with Crippen molar-refractivity contribution in [1.29, 1.82) is 0 Å². The molecular formula is C25H31N5O3S. The molecule has 1 heterocycles. The number of aromatic nitrogens is 3. The van der Waals surface area contributed by atoms with Crippen LogP contribution in [0.4, 0.5) is 5.69 Å². The highest BCUT2D eigenvalue weighted by Gasteiger charge is 2.18. The largest absolute Gasteiger partial charge is 0.481 e. The number of nitrogens with one attached hydrogen (secondary N) is 2. The predicted octanol–water partition coefficient (Wildman–Crippen LogP) is 3.98. The Hall–Kier alpha value is -3.33. The van der Waals surface area contributed by atoms with Crippen LogP contribution in [0.25, 0.3) is 0 Å². The SMILES string of the molecule is CCc1ccc(O[C@H](C)C(=O)NCc2nnc(SCC(=O)Nc3cccc(C)c3)n2CC)cc1. The van der Waals surface area contributed by atoms with E-state index in [2.05, 4.69) is 27.8 Å². The van der Waals surface area contributed by atoms with Crippen LogP contribution in [0.1, 0.15) is 37.7 Å². The third-order valence-corrected chi connectivity index (χ3v) is 6.15. The number of amides is 2. The predicted molar refractivity (Wildman–Crippen MR) is 134 cm³/mol. The molecule has 2 N–H and O–H groups in total. The Morgan fingerprint density at radius 2 is 1.88 bits per heavy atom. The third kappa shape index (κ3) is 7.08. The Balaban J connectivity index is 1.50. The maximum atomic E-state index is 12.5. The highest BCUT2D eigenvalue weighted by atomic mass is 32.2. The minimum atomic E-state index is -0.648. The van der Waals surface area contributed by atoms with Crippen molar-refractivity contribution in [3.8, 4) is 5.75 Å². The monoisotopic (exact) mass is 481 g/mol. The first-order chi connectivity index (χ1) is 16.4. The summed E-state index contributed by atoms with van der Waals surface area (Å²) >= 11 is 1.31. The fourth-order valence-corrected chi connectivity index (χ4v) is 4.12. The van der Waals surface area contributed by atoms with E-state index in [9.17, 15) is 9.59 Å². The van der Waals surface area contributed by atoms with Gasteiger partial charge in [-0.05, 0) is 62.6 Å². The van der Waals surface area contributed by atoms with Gasteiger partial charge in [0.25, 0.3) is 5.91 Å². The van der Waals surface area contributed by atoms with Gasteiger partial charge < -0.3 is 19.9 Å². The summed E-state index contributed by atoms with van der Waals surface area (Å²) in [6, 6.07) is 15.4. The zero-order chi connectivity index (χ0) is 24.5. The molecule has 1 aromatic heterocycles. The number of carbonyl (C=O) groups is 2. The second-order valence-corrected chi connectivity index (χ2v) is 8.77. The number of rotatable bonds is 11. The van der Waals surface area contributed by atoms with Gasteiger partial charge in [-0.3, -0.25) is 9.59 Å². The fourth-order valence-electron chi connectivity index (χ4n) is 3.30. The average molecular weight is 482 g/mol. The number of anilines is 1. The van der Waals surface area contributed by atoms with Crippen LogP contribution in [0.2, 0.25) is 0 Å². The molecule has 0 aliphatic heterocycles. The molecule has 0 unspecified atom stereocenters. The van der Waals surface area contributed by atoms with Crippen LogP contribution in [-0.2, 0) is 29.1 Å².